The van der Waals surface area contributed by atoms with Crippen LogP contribution in [0.15, 0.2) is 30.5 Å². The third kappa shape index (κ3) is 4.64. The molecule has 1 aromatic heterocycles. The lowest BCUT2D eigenvalue weighted by Gasteiger charge is -2.07. The lowest BCUT2D eigenvalue weighted by atomic mass is 10.2. The van der Waals surface area contributed by atoms with Crippen molar-refractivity contribution in [3.63, 3.8) is 0 Å². The summed E-state index contributed by atoms with van der Waals surface area (Å²) in [4.78, 5) is 0. The van der Waals surface area contributed by atoms with E-state index in [1.807, 2.05) is 31.4 Å². The van der Waals surface area contributed by atoms with Crippen LogP contribution in [0.2, 0.25) is 0 Å². The number of nitrogens with one attached hydrogen (secondary N) is 1. The minimum Gasteiger partial charge on any atom is -0.487 e. The highest BCUT2D eigenvalue weighted by Crippen LogP contribution is 2.14. The fraction of sp³-hybridized carbons (Fsp3) is 0.429. The molecule has 0 aliphatic carbocycles. The maximum atomic E-state index is 5.71. The molecule has 6 nitrogen and oxygen atoms in total. The van der Waals surface area contributed by atoms with Gasteiger partial charge in [-0.1, -0.05) is 17.3 Å². The Labute approximate surface area is 118 Å². The molecule has 0 atom stereocenters. The van der Waals surface area contributed by atoms with E-state index >= 15 is 0 Å². The molecule has 20 heavy (non-hydrogen) atoms. The molecule has 108 valence electrons. The zero-order valence-electron chi connectivity index (χ0n) is 11.9. The number of aromatic nitrogens is 3. The number of nitrogens with zero attached hydrogens (tertiary/aromatic N) is 3. The highest BCUT2D eigenvalue weighted by atomic mass is 16.5. The number of hydrogen-bond donors (Lipinski definition) is 1. The van der Waals surface area contributed by atoms with Crippen LogP contribution in [-0.2, 0) is 24.9 Å². The number of benzene rings is 1. The predicted molar refractivity (Wildman–Crippen MR) is 75.4 cm³/mol. The van der Waals surface area contributed by atoms with Crippen molar-refractivity contribution in [2.75, 3.05) is 20.3 Å². The Bertz CT molecular complexity index is 527. The van der Waals surface area contributed by atoms with Crippen LogP contribution in [0.3, 0.4) is 0 Å². The van der Waals surface area contributed by atoms with Gasteiger partial charge in [0.05, 0.1) is 12.8 Å². The summed E-state index contributed by atoms with van der Waals surface area (Å²) in [5, 5.41) is 11.2. The molecule has 1 aromatic carbocycles. The summed E-state index contributed by atoms with van der Waals surface area (Å²) in [6.45, 7) is 2.77. The van der Waals surface area contributed by atoms with E-state index in [-0.39, 0.29) is 0 Å². The van der Waals surface area contributed by atoms with Crippen molar-refractivity contribution in [2.45, 2.75) is 13.2 Å². The van der Waals surface area contributed by atoms with Crippen molar-refractivity contribution in [1.82, 2.24) is 20.3 Å². The summed E-state index contributed by atoms with van der Waals surface area (Å²) in [6.07, 6.45) is 1.84. The maximum Gasteiger partial charge on any atom is 0.134 e. The zero-order valence-corrected chi connectivity index (χ0v) is 11.9. The third-order valence-electron chi connectivity index (χ3n) is 2.75. The molecular formula is C14H20N4O2. The van der Waals surface area contributed by atoms with Gasteiger partial charge < -0.3 is 14.8 Å². The van der Waals surface area contributed by atoms with Gasteiger partial charge in [0.15, 0.2) is 0 Å². The Kier molecular flexibility index (Phi) is 5.52. The standard InChI is InChI=1S/C14H20N4O2/c1-18-10-13(16-17-18)11-20-14-5-3-4-12(8-14)9-15-6-7-19-2/h3-5,8,10,15H,6-7,9,11H2,1-2H3. The summed E-state index contributed by atoms with van der Waals surface area (Å²) in [6, 6.07) is 8.01. The molecular weight excluding hydrogens is 256 g/mol. The monoisotopic (exact) mass is 276 g/mol. The lowest BCUT2D eigenvalue weighted by molar-refractivity contribution is 0.199. The Morgan fingerprint density at radius 2 is 2.25 bits per heavy atom. The zero-order chi connectivity index (χ0) is 14.2. The quantitative estimate of drug-likeness (QED) is 0.732. The van der Waals surface area contributed by atoms with Gasteiger partial charge >= 0.3 is 0 Å². The molecule has 0 fully saturated rings. The SMILES string of the molecule is COCCNCc1cccc(OCc2cn(C)nn2)c1. The first-order valence-electron chi connectivity index (χ1n) is 6.54. The number of rotatable bonds is 8. The average molecular weight is 276 g/mol. The minimum atomic E-state index is 0.425. The molecule has 0 unspecified atom stereocenters. The summed E-state index contributed by atoms with van der Waals surface area (Å²) >= 11 is 0. The molecule has 1 N–H and O–H groups in total. The molecule has 0 aliphatic heterocycles. The van der Waals surface area contributed by atoms with Crippen molar-refractivity contribution in [3.8, 4) is 5.75 Å². The van der Waals surface area contributed by atoms with Gasteiger partial charge in [-0.2, -0.15) is 0 Å². The summed E-state index contributed by atoms with van der Waals surface area (Å²) in [5.74, 6) is 0.835. The van der Waals surface area contributed by atoms with Crippen LogP contribution in [0.5, 0.6) is 5.75 Å². The van der Waals surface area contributed by atoms with E-state index in [2.05, 4.69) is 21.7 Å². The summed E-state index contributed by atoms with van der Waals surface area (Å²) in [5.41, 5.74) is 1.99. The number of aryl methyl sites for hydroxylation is 1. The summed E-state index contributed by atoms with van der Waals surface area (Å²) in [7, 11) is 3.53. The first kappa shape index (κ1) is 14.5. The Morgan fingerprint density at radius 3 is 3.00 bits per heavy atom. The van der Waals surface area contributed by atoms with Gasteiger partial charge in [-0.3, -0.25) is 4.68 Å². The highest BCUT2D eigenvalue weighted by Gasteiger charge is 2.01. The van der Waals surface area contributed by atoms with E-state index in [4.69, 9.17) is 9.47 Å². The van der Waals surface area contributed by atoms with Gasteiger partial charge in [0, 0.05) is 27.2 Å². The Balaban J connectivity index is 1.82. The molecule has 0 radical (unpaired) electrons. The van der Waals surface area contributed by atoms with Crippen LogP contribution in [0.1, 0.15) is 11.3 Å². The molecule has 2 aromatic rings. The van der Waals surface area contributed by atoms with Crippen LogP contribution in [-0.4, -0.2) is 35.3 Å². The topological polar surface area (TPSA) is 61.2 Å². The van der Waals surface area contributed by atoms with Crippen molar-refractivity contribution in [3.05, 3.63) is 41.7 Å². The minimum absolute atomic E-state index is 0.425. The van der Waals surface area contributed by atoms with Gasteiger partial charge in [0.1, 0.15) is 18.1 Å². The van der Waals surface area contributed by atoms with Gasteiger partial charge in [0.25, 0.3) is 0 Å². The predicted octanol–water partition coefficient (Wildman–Crippen LogP) is 1.13. The van der Waals surface area contributed by atoms with Crippen LogP contribution in [0, 0.1) is 0 Å². The Morgan fingerprint density at radius 1 is 1.35 bits per heavy atom. The molecule has 6 heteroatoms. The van der Waals surface area contributed by atoms with Crippen molar-refractivity contribution in [1.29, 1.82) is 0 Å². The van der Waals surface area contributed by atoms with Gasteiger partial charge in [-0.15, -0.1) is 5.10 Å². The van der Waals surface area contributed by atoms with Gasteiger partial charge in [-0.05, 0) is 17.7 Å². The fourth-order valence-electron chi connectivity index (χ4n) is 1.77. The molecule has 0 saturated heterocycles. The Hall–Kier alpha value is -1.92. The normalized spacial score (nSPS) is 10.7. The third-order valence-corrected chi connectivity index (χ3v) is 2.75. The van der Waals surface area contributed by atoms with Crippen molar-refractivity contribution in [2.24, 2.45) is 7.05 Å². The molecule has 0 spiro atoms. The van der Waals surface area contributed by atoms with E-state index in [0.29, 0.717) is 13.2 Å². The van der Waals surface area contributed by atoms with Gasteiger partial charge in [0.2, 0.25) is 0 Å². The maximum absolute atomic E-state index is 5.71. The van der Waals surface area contributed by atoms with Crippen molar-refractivity contribution < 1.29 is 9.47 Å². The molecule has 1 heterocycles. The number of methoxy groups -OCH3 is 1. The highest BCUT2D eigenvalue weighted by molar-refractivity contribution is 5.28. The summed E-state index contributed by atoms with van der Waals surface area (Å²) < 4.78 is 12.4. The smallest absolute Gasteiger partial charge is 0.134 e. The molecule has 2 rings (SSSR count). The molecule has 0 amide bonds. The van der Waals surface area contributed by atoms with Gasteiger partial charge in [-0.25, -0.2) is 0 Å². The molecule has 0 bridgehead atoms. The van der Waals surface area contributed by atoms with E-state index < -0.39 is 0 Å². The van der Waals surface area contributed by atoms with E-state index in [9.17, 15) is 0 Å². The fourth-order valence-corrected chi connectivity index (χ4v) is 1.77. The molecule has 0 saturated carbocycles. The van der Waals surface area contributed by atoms with Crippen molar-refractivity contribution >= 4 is 0 Å². The molecule has 0 aliphatic rings. The number of ether oxygens (including phenoxy) is 2. The average Bonchev–Trinajstić information content (AvgIpc) is 2.88. The van der Waals surface area contributed by atoms with Crippen LogP contribution >= 0.6 is 0 Å². The second kappa shape index (κ2) is 7.62. The first-order valence-corrected chi connectivity index (χ1v) is 6.54. The van der Waals surface area contributed by atoms with Crippen LogP contribution < -0.4 is 10.1 Å². The second-order valence-electron chi connectivity index (χ2n) is 4.49. The number of hydrogen-bond acceptors (Lipinski definition) is 5. The van der Waals surface area contributed by atoms with E-state index in [1.54, 1.807) is 11.8 Å². The first-order chi connectivity index (χ1) is 9.78. The largest absolute Gasteiger partial charge is 0.487 e. The lowest BCUT2D eigenvalue weighted by Crippen LogP contribution is -2.18. The van der Waals surface area contributed by atoms with E-state index in [0.717, 1.165) is 24.5 Å². The second-order valence-corrected chi connectivity index (χ2v) is 4.49. The van der Waals surface area contributed by atoms with Crippen LogP contribution in [0.4, 0.5) is 0 Å². The van der Waals surface area contributed by atoms with Crippen LogP contribution in [0.25, 0.3) is 0 Å². The van der Waals surface area contributed by atoms with E-state index in [1.165, 1.54) is 5.56 Å².